The van der Waals surface area contributed by atoms with E-state index in [0.717, 1.165) is 0 Å². The summed E-state index contributed by atoms with van der Waals surface area (Å²) >= 11 is 0. The van der Waals surface area contributed by atoms with Crippen molar-refractivity contribution in [2.45, 2.75) is 0 Å². The molecule has 0 spiro atoms. The summed E-state index contributed by atoms with van der Waals surface area (Å²) in [6, 6.07) is 0.196. The number of benzene rings is 1. The fourth-order valence-corrected chi connectivity index (χ4v) is 0.779. The fraction of sp³-hybridized carbons (Fsp3) is 0. The number of carbonyl (C=O) groups is 1. The third-order valence-electron chi connectivity index (χ3n) is 1.35. The van der Waals surface area contributed by atoms with E-state index in [9.17, 15) is 18.0 Å². The Bertz CT molecular complexity index is 376. The Kier molecular flexibility index (Phi) is 2.14. The molecule has 0 fully saturated rings. The zero-order chi connectivity index (χ0) is 10.2. The van der Waals surface area contributed by atoms with Crippen molar-refractivity contribution in [3.8, 4) is 5.75 Å². The molecule has 0 unspecified atom stereocenters. The fourth-order valence-electron chi connectivity index (χ4n) is 0.779. The number of hydrogen-bond acceptors (Lipinski definition) is 2. The maximum absolute atomic E-state index is 12.6. The molecule has 0 aliphatic heterocycles. The van der Waals surface area contributed by atoms with Crippen LogP contribution in [-0.4, -0.2) is 16.2 Å². The van der Waals surface area contributed by atoms with Crippen LogP contribution in [0.3, 0.4) is 0 Å². The molecule has 0 aliphatic carbocycles. The number of rotatable bonds is 1. The van der Waals surface area contributed by atoms with Gasteiger partial charge in [-0.1, -0.05) is 0 Å². The van der Waals surface area contributed by atoms with Gasteiger partial charge in [-0.3, -0.25) is 0 Å². The molecule has 0 radical (unpaired) electrons. The van der Waals surface area contributed by atoms with Crippen molar-refractivity contribution in [1.82, 2.24) is 0 Å². The molecule has 2 N–H and O–H groups in total. The van der Waals surface area contributed by atoms with Gasteiger partial charge in [0.25, 0.3) is 0 Å². The van der Waals surface area contributed by atoms with E-state index in [1.165, 1.54) is 0 Å². The lowest BCUT2D eigenvalue weighted by Crippen LogP contribution is -2.06. The molecular weight excluding hydrogens is 189 g/mol. The molecule has 0 saturated heterocycles. The minimum atomic E-state index is -1.94. The number of aromatic hydroxyl groups is 1. The molecule has 0 aliphatic rings. The Morgan fingerprint density at radius 2 is 1.77 bits per heavy atom. The largest absolute Gasteiger partial charge is 0.505 e. The monoisotopic (exact) mass is 192 g/mol. The predicted molar refractivity (Wildman–Crippen MR) is 34.9 cm³/mol. The molecule has 6 heteroatoms. The number of phenols is 1. The van der Waals surface area contributed by atoms with Gasteiger partial charge in [0.15, 0.2) is 11.6 Å². The third-order valence-corrected chi connectivity index (χ3v) is 1.35. The van der Waals surface area contributed by atoms with Crippen LogP contribution in [0.5, 0.6) is 5.75 Å². The van der Waals surface area contributed by atoms with Crippen LogP contribution in [0.25, 0.3) is 0 Å². The van der Waals surface area contributed by atoms with Crippen molar-refractivity contribution >= 4 is 5.97 Å². The quantitative estimate of drug-likeness (QED) is 0.663. The zero-order valence-electron chi connectivity index (χ0n) is 6.01. The summed E-state index contributed by atoms with van der Waals surface area (Å²) in [4.78, 5) is 10.2. The van der Waals surface area contributed by atoms with Crippen LogP contribution in [0.1, 0.15) is 10.4 Å². The number of carboxylic acid groups (broad SMARTS) is 1. The second kappa shape index (κ2) is 2.96. The topological polar surface area (TPSA) is 57.5 Å². The van der Waals surface area contributed by atoms with E-state index in [4.69, 9.17) is 10.2 Å². The Hall–Kier alpha value is -1.72. The maximum atomic E-state index is 12.6. The first-order chi connectivity index (χ1) is 5.95. The summed E-state index contributed by atoms with van der Waals surface area (Å²) in [6.45, 7) is 0. The summed E-state index contributed by atoms with van der Waals surface area (Å²) in [5, 5.41) is 16.8. The molecule has 1 rings (SSSR count). The van der Waals surface area contributed by atoms with E-state index in [1.807, 2.05) is 0 Å². The second-order valence-electron chi connectivity index (χ2n) is 2.19. The maximum Gasteiger partial charge on any atom is 0.341 e. The normalized spacial score (nSPS) is 10.1. The molecule has 0 heterocycles. The highest BCUT2D eigenvalue weighted by Crippen LogP contribution is 2.24. The minimum Gasteiger partial charge on any atom is -0.505 e. The number of hydrogen-bond donors (Lipinski definition) is 2. The SMILES string of the molecule is O=C(O)c1c(F)cc(O)c(F)c1F. The van der Waals surface area contributed by atoms with E-state index in [1.54, 1.807) is 0 Å². The van der Waals surface area contributed by atoms with Gasteiger partial charge in [-0.2, -0.15) is 4.39 Å². The molecule has 0 amide bonds. The van der Waals surface area contributed by atoms with Gasteiger partial charge in [-0.25, -0.2) is 13.6 Å². The lowest BCUT2D eigenvalue weighted by atomic mass is 10.2. The first-order valence-electron chi connectivity index (χ1n) is 3.05. The standard InChI is InChI=1S/C7H3F3O3/c8-2-1-3(11)5(9)6(10)4(2)7(12)13/h1,11H,(H,12,13). The summed E-state index contributed by atoms with van der Waals surface area (Å²) in [7, 11) is 0. The van der Waals surface area contributed by atoms with E-state index in [-0.39, 0.29) is 6.07 Å². The smallest absolute Gasteiger partial charge is 0.341 e. The highest BCUT2D eigenvalue weighted by Gasteiger charge is 2.23. The Morgan fingerprint density at radius 3 is 2.23 bits per heavy atom. The van der Waals surface area contributed by atoms with Crippen molar-refractivity contribution in [2.75, 3.05) is 0 Å². The molecule has 1 aromatic carbocycles. The van der Waals surface area contributed by atoms with E-state index in [0.29, 0.717) is 0 Å². The first kappa shape index (κ1) is 9.37. The van der Waals surface area contributed by atoms with E-state index < -0.39 is 34.7 Å². The van der Waals surface area contributed by atoms with Gasteiger partial charge in [-0.15, -0.1) is 0 Å². The molecule has 0 aromatic heterocycles. The van der Waals surface area contributed by atoms with Gasteiger partial charge in [0, 0.05) is 6.07 Å². The van der Waals surface area contributed by atoms with Gasteiger partial charge in [0.1, 0.15) is 11.4 Å². The summed E-state index contributed by atoms with van der Waals surface area (Å²) in [5.74, 6) is -8.42. The van der Waals surface area contributed by atoms with E-state index >= 15 is 0 Å². The third kappa shape index (κ3) is 1.42. The lowest BCUT2D eigenvalue weighted by molar-refractivity contribution is 0.0685. The average molecular weight is 192 g/mol. The van der Waals surface area contributed by atoms with Crippen molar-refractivity contribution in [1.29, 1.82) is 0 Å². The van der Waals surface area contributed by atoms with Crippen LogP contribution < -0.4 is 0 Å². The molecule has 13 heavy (non-hydrogen) atoms. The van der Waals surface area contributed by atoms with Gasteiger partial charge < -0.3 is 10.2 Å². The predicted octanol–water partition coefficient (Wildman–Crippen LogP) is 1.51. The number of aromatic carboxylic acids is 1. The Labute approximate surface area is 70.0 Å². The molecular formula is C7H3F3O3. The van der Waals surface area contributed by atoms with Crippen molar-refractivity contribution < 1.29 is 28.2 Å². The van der Waals surface area contributed by atoms with Crippen LogP contribution in [0.4, 0.5) is 13.2 Å². The van der Waals surface area contributed by atoms with Crippen molar-refractivity contribution in [3.63, 3.8) is 0 Å². The molecule has 0 atom stereocenters. The number of halogens is 3. The van der Waals surface area contributed by atoms with Crippen molar-refractivity contribution in [3.05, 3.63) is 29.1 Å². The van der Waals surface area contributed by atoms with Gasteiger partial charge >= 0.3 is 5.97 Å². The van der Waals surface area contributed by atoms with Crippen LogP contribution in [0, 0.1) is 17.5 Å². The summed E-state index contributed by atoms with van der Waals surface area (Å²) < 4.78 is 37.7. The van der Waals surface area contributed by atoms with Crippen LogP contribution >= 0.6 is 0 Å². The second-order valence-corrected chi connectivity index (χ2v) is 2.19. The number of carboxylic acids is 1. The van der Waals surface area contributed by atoms with E-state index in [2.05, 4.69) is 0 Å². The summed E-state index contributed by atoms with van der Waals surface area (Å²) in [5.41, 5.74) is -1.42. The first-order valence-corrected chi connectivity index (χ1v) is 3.05. The molecule has 70 valence electrons. The zero-order valence-corrected chi connectivity index (χ0v) is 6.01. The molecule has 0 saturated carbocycles. The van der Waals surface area contributed by atoms with Crippen LogP contribution in [0.15, 0.2) is 6.07 Å². The van der Waals surface area contributed by atoms with Gasteiger partial charge in [0.2, 0.25) is 5.82 Å². The van der Waals surface area contributed by atoms with Gasteiger partial charge in [-0.05, 0) is 0 Å². The molecule has 1 aromatic rings. The lowest BCUT2D eigenvalue weighted by Gasteiger charge is -2.01. The minimum absolute atomic E-state index is 0.196. The van der Waals surface area contributed by atoms with Gasteiger partial charge in [0.05, 0.1) is 0 Å². The Balaban J connectivity index is 3.53. The van der Waals surface area contributed by atoms with Crippen LogP contribution in [-0.2, 0) is 0 Å². The highest BCUT2D eigenvalue weighted by molar-refractivity contribution is 5.88. The Morgan fingerprint density at radius 1 is 1.23 bits per heavy atom. The van der Waals surface area contributed by atoms with Crippen LogP contribution in [0.2, 0.25) is 0 Å². The molecule has 0 bridgehead atoms. The van der Waals surface area contributed by atoms with Crippen molar-refractivity contribution in [2.24, 2.45) is 0 Å². The molecule has 3 nitrogen and oxygen atoms in total. The summed E-state index contributed by atoms with van der Waals surface area (Å²) in [6.07, 6.45) is 0. The highest BCUT2D eigenvalue weighted by atomic mass is 19.2. The number of phenolic OH excluding ortho intramolecular Hbond substituents is 1. The average Bonchev–Trinajstić information content (AvgIpc) is 1.99.